The van der Waals surface area contributed by atoms with Gasteiger partial charge in [-0.05, 0) is 108 Å². The second-order valence-corrected chi connectivity index (χ2v) is 13.0. The number of aromatic nitrogens is 2. The minimum Gasteiger partial charge on any atom is -0.394 e. The lowest BCUT2D eigenvalue weighted by atomic mass is 9.67. The Labute approximate surface area is 242 Å². The van der Waals surface area contributed by atoms with E-state index in [4.69, 9.17) is 11.6 Å². The molecule has 0 aromatic carbocycles. The first-order valence-corrected chi connectivity index (χ1v) is 15.6. The Kier molecular flexibility index (Phi) is 8.72. The van der Waals surface area contributed by atoms with Gasteiger partial charge < -0.3 is 20.4 Å². The minimum absolute atomic E-state index is 0.0492. The molecule has 3 fully saturated rings. The van der Waals surface area contributed by atoms with E-state index < -0.39 is 0 Å². The summed E-state index contributed by atoms with van der Waals surface area (Å²) in [4.78, 5) is 15.0. The number of allylic oxidation sites excluding steroid dienone is 1. The molecule has 4 heterocycles. The Morgan fingerprint density at radius 3 is 2.62 bits per heavy atom. The lowest BCUT2D eigenvalue weighted by Gasteiger charge is -2.47. The van der Waals surface area contributed by atoms with E-state index in [2.05, 4.69) is 69.6 Å². The second kappa shape index (κ2) is 12.2. The fraction of sp³-hybridized carbons (Fsp3) is 0.588. The van der Waals surface area contributed by atoms with Gasteiger partial charge in [0.15, 0.2) is 0 Å². The maximum Gasteiger partial charge on any atom is 0.138 e. The molecule has 1 unspecified atom stereocenters. The second-order valence-electron chi connectivity index (χ2n) is 13.0. The van der Waals surface area contributed by atoms with E-state index in [0.29, 0.717) is 5.92 Å². The van der Waals surface area contributed by atoms with Gasteiger partial charge in [0.25, 0.3) is 0 Å². The molecule has 2 aromatic heterocycles. The molecule has 3 aliphatic rings. The molecular formula is C34H50N6. The predicted octanol–water partition coefficient (Wildman–Crippen LogP) is 7.54. The zero-order valence-corrected chi connectivity index (χ0v) is 25.3. The first-order valence-electron chi connectivity index (χ1n) is 15.6. The summed E-state index contributed by atoms with van der Waals surface area (Å²) in [7, 11) is 1.95. The third-order valence-corrected chi connectivity index (χ3v) is 9.58. The molecule has 2 aromatic rings. The highest BCUT2D eigenvalue weighted by Crippen LogP contribution is 2.50. The van der Waals surface area contributed by atoms with Crippen LogP contribution in [0, 0.1) is 18.3 Å². The molecule has 1 spiro atoms. The third-order valence-electron chi connectivity index (χ3n) is 9.58. The van der Waals surface area contributed by atoms with Crippen LogP contribution in [0.1, 0.15) is 89.3 Å². The number of rotatable bonds is 9. The third kappa shape index (κ3) is 6.16. The average Bonchev–Trinajstić information content (AvgIpc) is 3.25. The van der Waals surface area contributed by atoms with Crippen LogP contribution >= 0.6 is 0 Å². The highest BCUT2D eigenvalue weighted by molar-refractivity contribution is 5.69. The molecule has 0 amide bonds. The SMILES string of the molecule is C=C1N(c2ccc(/C=C/NC)c(N3CC(CCCNc4cccc(C)n4)CC3(C)C)n2)CCCC12CCCCC2. The van der Waals surface area contributed by atoms with Crippen LogP contribution in [-0.2, 0) is 0 Å². The monoisotopic (exact) mass is 542 g/mol. The zero-order chi connectivity index (χ0) is 28.2. The van der Waals surface area contributed by atoms with Crippen LogP contribution in [0.25, 0.3) is 6.08 Å². The Balaban J connectivity index is 1.32. The molecule has 1 atom stereocenters. The number of piperidine rings is 1. The van der Waals surface area contributed by atoms with Crippen molar-refractivity contribution in [1.82, 2.24) is 15.3 Å². The molecule has 2 N–H and O–H groups in total. The molecule has 2 aliphatic heterocycles. The van der Waals surface area contributed by atoms with Gasteiger partial charge in [-0.25, -0.2) is 9.97 Å². The highest BCUT2D eigenvalue weighted by atomic mass is 15.3. The quantitative estimate of drug-likeness (QED) is 0.319. The lowest BCUT2D eigenvalue weighted by molar-refractivity contribution is 0.197. The molecular weight excluding hydrogens is 492 g/mol. The van der Waals surface area contributed by atoms with Crippen molar-refractivity contribution in [1.29, 1.82) is 0 Å². The van der Waals surface area contributed by atoms with Crippen molar-refractivity contribution in [3.05, 3.63) is 60.1 Å². The van der Waals surface area contributed by atoms with Crippen LogP contribution in [0.2, 0.25) is 0 Å². The summed E-state index contributed by atoms with van der Waals surface area (Å²) in [5, 5.41) is 6.69. The van der Waals surface area contributed by atoms with Gasteiger partial charge in [0.1, 0.15) is 17.5 Å². The van der Waals surface area contributed by atoms with Gasteiger partial charge in [0.2, 0.25) is 0 Å². The van der Waals surface area contributed by atoms with E-state index >= 15 is 0 Å². The number of aryl methyl sites for hydroxylation is 1. The molecule has 6 nitrogen and oxygen atoms in total. The van der Waals surface area contributed by atoms with Gasteiger partial charge >= 0.3 is 0 Å². The van der Waals surface area contributed by atoms with Gasteiger partial charge in [-0.3, -0.25) is 0 Å². The maximum atomic E-state index is 5.43. The van der Waals surface area contributed by atoms with E-state index in [-0.39, 0.29) is 11.0 Å². The van der Waals surface area contributed by atoms with Gasteiger partial charge in [-0.15, -0.1) is 0 Å². The molecule has 216 valence electrons. The first-order chi connectivity index (χ1) is 19.3. The maximum absolute atomic E-state index is 5.43. The van der Waals surface area contributed by atoms with E-state index in [0.717, 1.165) is 49.2 Å². The van der Waals surface area contributed by atoms with Crippen molar-refractivity contribution >= 4 is 23.5 Å². The topological polar surface area (TPSA) is 56.3 Å². The van der Waals surface area contributed by atoms with Crippen molar-refractivity contribution in [3.8, 4) is 0 Å². The Hall–Kier alpha value is -3.02. The molecule has 0 bridgehead atoms. The van der Waals surface area contributed by atoms with Crippen molar-refractivity contribution in [3.63, 3.8) is 0 Å². The number of hydrogen-bond donors (Lipinski definition) is 2. The number of anilines is 3. The lowest BCUT2D eigenvalue weighted by Crippen LogP contribution is -2.43. The van der Waals surface area contributed by atoms with Gasteiger partial charge in [-0.1, -0.05) is 31.9 Å². The van der Waals surface area contributed by atoms with Crippen LogP contribution in [0.5, 0.6) is 0 Å². The van der Waals surface area contributed by atoms with Crippen LogP contribution in [0.4, 0.5) is 17.5 Å². The Morgan fingerprint density at radius 1 is 1.05 bits per heavy atom. The Bertz CT molecular complexity index is 1190. The van der Waals surface area contributed by atoms with E-state index in [1.165, 1.54) is 69.0 Å². The molecule has 40 heavy (non-hydrogen) atoms. The molecule has 0 radical (unpaired) electrons. The highest BCUT2D eigenvalue weighted by Gasteiger charge is 2.42. The van der Waals surface area contributed by atoms with E-state index in [9.17, 15) is 0 Å². The number of hydrogen-bond acceptors (Lipinski definition) is 6. The number of nitrogens with zero attached hydrogens (tertiary/aromatic N) is 4. The van der Waals surface area contributed by atoms with Crippen LogP contribution in [0.3, 0.4) is 0 Å². The van der Waals surface area contributed by atoms with Crippen LogP contribution in [-0.4, -0.2) is 42.2 Å². The smallest absolute Gasteiger partial charge is 0.138 e. The number of nitrogens with one attached hydrogen (secondary N) is 2. The molecule has 2 saturated heterocycles. The van der Waals surface area contributed by atoms with Gasteiger partial charge in [0, 0.05) is 54.6 Å². The fourth-order valence-electron chi connectivity index (χ4n) is 7.48. The fourth-order valence-corrected chi connectivity index (χ4v) is 7.48. The van der Waals surface area contributed by atoms with Gasteiger partial charge in [-0.2, -0.15) is 0 Å². The molecule has 5 rings (SSSR count). The summed E-state index contributed by atoms with van der Waals surface area (Å²) >= 11 is 0. The average molecular weight is 543 g/mol. The van der Waals surface area contributed by atoms with E-state index in [1.807, 2.05) is 26.2 Å². The summed E-state index contributed by atoms with van der Waals surface area (Å²) in [6, 6.07) is 10.6. The van der Waals surface area contributed by atoms with Crippen molar-refractivity contribution < 1.29 is 0 Å². The Morgan fingerprint density at radius 2 is 1.85 bits per heavy atom. The van der Waals surface area contributed by atoms with Crippen LogP contribution < -0.4 is 20.4 Å². The van der Waals surface area contributed by atoms with Crippen molar-refractivity contribution in [2.45, 2.75) is 90.5 Å². The van der Waals surface area contributed by atoms with Crippen LogP contribution in [0.15, 0.2) is 48.8 Å². The predicted molar refractivity (Wildman–Crippen MR) is 170 cm³/mol. The first kappa shape index (κ1) is 28.5. The summed E-state index contributed by atoms with van der Waals surface area (Å²) in [5.74, 6) is 3.80. The van der Waals surface area contributed by atoms with Crippen molar-refractivity contribution in [2.75, 3.05) is 41.8 Å². The molecule has 6 heteroatoms. The van der Waals surface area contributed by atoms with E-state index in [1.54, 1.807) is 0 Å². The summed E-state index contributed by atoms with van der Waals surface area (Å²) in [6.45, 7) is 14.5. The van der Waals surface area contributed by atoms with Gasteiger partial charge in [0.05, 0.1) is 0 Å². The summed E-state index contributed by atoms with van der Waals surface area (Å²) < 4.78 is 0. The summed E-state index contributed by atoms with van der Waals surface area (Å²) in [6.07, 6.45) is 16.8. The van der Waals surface area contributed by atoms with Crippen molar-refractivity contribution in [2.24, 2.45) is 11.3 Å². The summed E-state index contributed by atoms with van der Waals surface area (Å²) in [5.41, 5.74) is 3.87. The standard InChI is InChI=1S/C34H50N6/c1-26-12-9-14-30(37-26)36-21-10-13-28-24-33(3,4)40(25-28)32-29(17-22-35-5)15-16-31(38-32)39-23-11-20-34(27(39)2)18-7-6-8-19-34/h9,12,14-17,22,28,35H,2,6-8,10-11,13,18-21,23-25H2,1,3-5H3,(H,36,37)/b22-17+. The molecule has 1 saturated carbocycles. The number of pyridine rings is 2. The largest absolute Gasteiger partial charge is 0.394 e. The minimum atomic E-state index is 0.0492. The normalized spacial score (nSPS) is 22.3. The molecule has 1 aliphatic carbocycles. The zero-order valence-electron chi connectivity index (χ0n) is 25.3.